The highest BCUT2D eigenvalue weighted by atomic mass is 35.5. The van der Waals surface area contributed by atoms with Gasteiger partial charge in [0.25, 0.3) is 5.91 Å². The zero-order valence-electron chi connectivity index (χ0n) is 17.3. The summed E-state index contributed by atoms with van der Waals surface area (Å²) in [6.45, 7) is 4.40. The number of amides is 3. The molecular formula is C22H21Cl3N4O3. The molecule has 0 spiro atoms. The van der Waals surface area contributed by atoms with Crippen LogP contribution < -0.4 is 16.1 Å². The number of nitrogens with one attached hydrogen (secondary N) is 3. The van der Waals surface area contributed by atoms with E-state index in [-0.39, 0.29) is 5.69 Å². The summed E-state index contributed by atoms with van der Waals surface area (Å²) >= 11 is 18.1. The summed E-state index contributed by atoms with van der Waals surface area (Å²) in [5, 5.41) is 7.03. The van der Waals surface area contributed by atoms with Crippen molar-refractivity contribution in [2.24, 2.45) is 5.92 Å². The van der Waals surface area contributed by atoms with Crippen LogP contribution >= 0.6 is 34.8 Å². The van der Waals surface area contributed by atoms with Gasteiger partial charge in [-0.3, -0.25) is 19.8 Å². The number of fused-ring (bicyclic) bond motifs is 1. The summed E-state index contributed by atoms with van der Waals surface area (Å²) in [6, 6.07) is 11.1. The van der Waals surface area contributed by atoms with Crippen molar-refractivity contribution in [2.75, 3.05) is 17.3 Å². The molecule has 0 atom stereocenters. The maximum absolute atomic E-state index is 13.0. The first-order valence-corrected chi connectivity index (χ1v) is 10.9. The third kappa shape index (κ3) is 5.94. The van der Waals surface area contributed by atoms with Crippen LogP contribution in [0.2, 0.25) is 15.1 Å². The van der Waals surface area contributed by atoms with Crippen LogP contribution in [0.15, 0.2) is 42.5 Å². The topological polar surface area (TPSA) is 92.2 Å². The number of hydrogen-bond acceptors (Lipinski definition) is 3. The van der Waals surface area contributed by atoms with Crippen LogP contribution in [0.3, 0.4) is 0 Å². The zero-order valence-corrected chi connectivity index (χ0v) is 19.6. The lowest BCUT2D eigenvalue weighted by Gasteiger charge is -2.13. The van der Waals surface area contributed by atoms with Crippen molar-refractivity contribution in [3.05, 3.63) is 63.2 Å². The van der Waals surface area contributed by atoms with Crippen molar-refractivity contribution in [3.63, 3.8) is 0 Å². The third-order valence-corrected chi connectivity index (χ3v) is 5.22. The number of benzene rings is 2. The molecular weight excluding hydrogens is 475 g/mol. The minimum absolute atomic E-state index is 0.0849. The van der Waals surface area contributed by atoms with Crippen LogP contribution in [-0.2, 0) is 9.59 Å². The van der Waals surface area contributed by atoms with Crippen molar-refractivity contribution in [1.29, 1.82) is 0 Å². The molecule has 32 heavy (non-hydrogen) atoms. The molecule has 3 aromatic rings. The second-order valence-electron chi connectivity index (χ2n) is 7.56. The number of nitrogens with zero attached hydrogens (tertiary/aromatic N) is 1. The first-order chi connectivity index (χ1) is 15.1. The van der Waals surface area contributed by atoms with Crippen LogP contribution in [0.4, 0.5) is 5.69 Å². The van der Waals surface area contributed by atoms with E-state index in [4.69, 9.17) is 34.8 Å². The van der Waals surface area contributed by atoms with Crippen molar-refractivity contribution >= 4 is 69.1 Å². The number of hydrogen-bond donors (Lipinski definition) is 3. The largest absolute Gasteiger partial charge is 0.348 e. The summed E-state index contributed by atoms with van der Waals surface area (Å²) in [7, 11) is 0. The lowest BCUT2D eigenvalue weighted by molar-refractivity contribution is -0.136. The maximum Gasteiger partial charge on any atom is 0.328 e. The Morgan fingerprint density at radius 2 is 1.59 bits per heavy atom. The highest BCUT2D eigenvalue weighted by Crippen LogP contribution is 2.25. The molecule has 0 aliphatic carbocycles. The molecule has 0 radical (unpaired) electrons. The van der Waals surface area contributed by atoms with Gasteiger partial charge in [-0.1, -0.05) is 48.7 Å². The molecule has 2 aromatic carbocycles. The van der Waals surface area contributed by atoms with Crippen LogP contribution in [-0.4, -0.2) is 28.9 Å². The van der Waals surface area contributed by atoms with Gasteiger partial charge >= 0.3 is 11.8 Å². The number of carbonyl (C=O) groups is 3. The average Bonchev–Trinajstić information content (AvgIpc) is 3.04. The van der Waals surface area contributed by atoms with Gasteiger partial charge in [-0.05, 0) is 54.8 Å². The van der Waals surface area contributed by atoms with Gasteiger partial charge in [0.05, 0.1) is 5.52 Å². The molecule has 3 N–H and O–H groups in total. The van der Waals surface area contributed by atoms with Gasteiger partial charge in [0.2, 0.25) is 0 Å². The molecule has 0 saturated heterocycles. The fraction of sp³-hybridized carbons (Fsp3) is 0.227. The van der Waals surface area contributed by atoms with Gasteiger partial charge in [-0.15, -0.1) is 0 Å². The Hall–Kier alpha value is -2.74. The number of aromatic nitrogens is 1. The molecule has 1 heterocycles. The van der Waals surface area contributed by atoms with Crippen molar-refractivity contribution in [1.82, 2.24) is 9.99 Å². The van der Waals surface area contributed by atoms with Crippen molar-refractivity contribution < 1.29 is 14.4 Å². The van der Waals surface area contributed by atoms with Gasteiger partial charge in [-0.25, -0.2) is 4.68 Å². The number of anilines is 1. The zero-order chi connectivity index (χ0) is 23.4. The van der Waals surface area contributed by atoms with E-state index in [0.29, 0.717) is 44.1 Å². The molecule has 0 saturated carbocycles. The Labute approximate surface area is 200 Å². The molecule has 168 valence electrons. The fourth-order valence-corrected chi connectivity index (χ4v) is 3.71. The van der Waals surface area contributed by atoms with Gasteiger partial charge < -0.3 is 10.6 Å². The molecule has 7 nitrogen and oxygen atoms in total. The van der Waals surface area contributed by atoms with E-state index in [0.717, 1.165) is 6.42 Å². The summed E-state index contributed by atoms with van der Waals surface area (Å²) < 4.78 is 1.25. The Morgan fingerprint density at radius 1 is 0.906 bits per heavy atom. The number of rotatable bonds is 6. The van der Waals surface area contributed by atoms with Gasteiger partial charge in [0.1, 0.15) is 5.69 Å². The summed E-state index contributed by atoms with van der Waals surface area (Å²) in [6.07, 6.45) is 0.736. The molecule has 0 aliphatic heterocycles. The molecule has 0 fully saturated rings. The lowest BCUT2D eigenvalue weighted by atomic mass is 10.1. The normalized spacial score (nSPS) is 10.9. The molecule has 0 bridgehead atoms. The molecule has 1 aromatic heterocycles. The van der Waals surface area contributed by atoms with E-state index < -0.39 is 17.7 Å². The summed E-state index contributed by atoms with van der Waals surface area (Å²) in [4.78, 5) is 37.7. The van der Waals surface area contributed by atoms with Crippen LogP contribution in [0.5, 0.6) is 0 Å². The Bertz CT molecular complexity index is 1170. The van der Waals surface area contributed by atoms with Crippen molar-refractivity contribution in [2.45, 2.75) is 20.3 Å². The Kier molecular flexibility index (Phi) is 7.66. The Balaban J connectivity index is 1.89. The van der Waals surface area contributed by atoms with Gasteiger partial charge in [0, 0.05) is 32.7 Å². The van der Waals surface area contributed by atoms with Crippen molar-refractivity contribution in [3.8, 4) is 0 Å². The average molecular weight is 496 g/mol. The quantitative estimate of drug-likeness (QED) is 0.416. The monoisotopic (exact) mass is 494 g/mol. The minimum atomic E-state index is -0.902. The van der Waals surface area contributed by atoms with E-state index in [1.807, 2.05) is 13.8 Å². The molecule has 0 unspecified atom stereocenters. The Morgan fingerprint density at radius 3 is 2.25 bits per heavy atom. The molecule has 10 heteroatoms. The predicted octanol–water partition coefficient (Wildman–Crippen LogP) is 5.09. The number of halogens is 3. The second kappa shape index (κ2) is 10.3. The molecule has 0 aliphatic rings. The molecule has 3 rings (SSSR count). The first kappa shape index (κ1) is 23.9. The van der Waals surface area contributed by atoms with E-state index in [1.165, 1.54) is 22.9 Å². The summed E-state index contributed by atoms with van der Waals surface area (Å²) in [5.74, 6) is -1.86. The van der Waals surface area contributed by atoms with Gasteiger partial charge in [0.15, 0.2) is 0 Å². The number of carbonyl (C=O) groups excluding carboxylic acids is 3. The van der Waals surface area contributed by atoms with Crippen LogP contribution in [0, 0.1) is 5.92 Å². The SMILES string of the molecule is CC(C)CCNC(=O)C(=O)Nn1c(C(=O)Nc2cc(Cl)cc(Cl)c2)cc2cc(Cl)ccc21. The van der Waals surface area contributed by atoms with E-state index in [9.17, 15) is 14.4 Å². The fourth-order valence-electron chi connectivity index (χ4n) is 3.00. The maximum atomic E-state index is 13.0. The van der Waals surface area contributed by atoms with E-state index >= 15 is 0 Å². The smallest absolute Gasteiger partial charge is 0.328 e. The first-order valence-electron chi connectivity index (χ1n) is 9.81. The summed E-state index contributed by atoms with van der Waals surface area (Å²) in [5.41, 5.74) is 3.44. The molecule has 3 amide bonds. The van der Waals surface area contributed by atoms with E-state index in [1.54, 1.807) is 24.3 Å². The van der Waals surface area contributed by atoms with Crippen LogP contribution in [0.25, 0.3) is 10.9 Å². The minimum Gasteiger partial charge on any atom is -0.348 e. The standard InChI is InChI=1S/C22H21Cl3N4O3/c1-12(2)5-6-26-21(31)22(32)28-29-18-4-3-14(23)7-13(18)8-19(29)20(30)27-17-10-15(24)9-16(25)11-17/h3-4,7-12H,5-6H2,1-2H3,(H,26,31)(H,27,30)(H,28,32). The van der Waals surface area contributed by atoms with Crippen LogP contribution in [0.1, 0.15) is 30.8 Å². The van der Waals surface area contributed by atoms with E-state index in [2.05, 4.69) is 16.1 Å². The highest BCUT2D eigenvalue weighted by Gasteiger charge is 2.21. The van der Waals surface area contributed by atoms with Gasteiger partial charge in [-0.2, -0.15) is 0 Å². The second-order valence-corrected chi connectivity index (χ2v) is 8.87. The third-order valence-electron chi connectivity index (χ3n) is 4.54. The lowest BCUT2D eigenvalue weighted by Crippen LogP contribution is -2.40. The predicted molar refractivity (Wildman–Crippen MR) is 128 cm³/mol. The highest BCUT2D eigenvalue weighted by molar-refractivity contribution is 6.38.